The van der Waals surface area contributed by atoms with E-state index < -0.39 is 0 Å². The van der Waals surface area contributed by atoms with Gasteiger partial charge in [0.05, 0.1) is 0 Å². The lowest BCUT2D eigenvalue weighted by Crippen LogP contribution is -2.49. The zero-order chi connectivity index (χ0) is 17.9. The van der Waals surface area contributed by atoms with Crippen LogP contribution in [0.15, 0.2) is 36.5 Å². The van der Waals surface area contributed by atoms with E-state index in [9.17, 15) is 4.79 Å². The Morgan fingerprint density at radius 3 is 2.27 bits per heavy atom. The first-order valence-corrected chi connectivity index (χ1v) is 9.39. The predicted molar refractivity (Wildman–Crippen MR) is 103 cm³/mol. The third-order valence-electron chi connectivity index (χ3n) is 5.21. The molecule has 2 fully saturated rings. The first-order valence-electron chi connectivity index (χ1n) is 9.39. The van der Waals surface area contributed by atoms with Crippen LogP contribution in [0.4, 0.5) is 11.8 Å². The highest BCUT2D eigenvalue weighted by Gasteiger charge is 2.23. The second-order valence-electron chi connectivity index (χ2n) is 7.05. The van der Waals surface area contributed by atoms with Gasteiger partial charge in [-0.25, -0.2) is 4.98 Å². The molecule has 3 heterocycles. The molecule has 6 heteroatoms. The summed E-state index contributed by atoms with van der Waals surface area (Å²) in [4.78, 5) is 28.3. The molecule has 0 bridgehead atoms. The van der Waals surface area contributed by atoms with Crippen molar-refractivity contribution in [3.8, 4) is 0 Å². The maximum absolute atomic E-state index is 12.7. The Bertz CT molecular complexity index is 762. The summed E-state index contributed by atoms with van der Waals surface area (Å²) in [5, 5.41) is 0. The largest absolute Gasteiger partial charge is 0.353 e. The Morgan fingerprint density at radius 1 is 0.885 bits per heavy atom. The molecule has 1 amide bonds. The van der Waals surface area contributed by atoms with Crippen molar-refractivity contribution < 1.29 is 4.79 Å². The van der Waals surface area contributed by atoms with Crippen LogP contribution < -0.4 is 9.80 Å². The fourth-order valence-electron chi connectivity index (χ4n) is 3.60. The molecule has 0 radical (unpaired) electrons. The van der Waals surface area contributed by atoms with E-state index in [0.29, 0.717) is 0 Å². The monoisotopic (exact) mass is 351 g/mol. The normalized spacial score (nSPS) is 17.7. The lowest BCUT2D eigenvalue weighted by molar-refractivity contribution is 0.0746. The average molecular weight is 351 g/mol. The van der Waals surface area contributed by atoms with Gasteiger partial charge in [-0.15, -0.1) is 0 Å². The van der Waals surface area contributed by atoms with E-state index in [0.717, 1.165) is 56.6 Å². The third kappa shape index (κ3) is 3.49. The number of hydrogen-bond donors (Lipinski definition) is 0. The molecule has 2 saturated heterocycles. The van der Waals surface area contributed by atoms with E-state index in [1.54, 1.807) is 0 Å². The Balaban J connectivity index is 1.39. The molecule has 0 aliphatic carbocycles. The average Bonchev–Trinajstić information content (AvgIpc) is 3.23. The fourth-order valence-corrected chi connectivity index (χ4v) is 3.60. The molecule has 4 rings (SSSR count). The van der Waals surface area contributed by atoms with E-state index >= 15 is 0 Å². The quantitative estimate of drug-likeness (QED) is 0.850. The number of carbonyl (C=O) groups excluding carboxylic acids is 1. The van der Waals surface area contributed by atoms with Crippen LogP contribution in [-0.4, -0.2) is 60.0 Å². The van der Waals surface area contributed by atoms with E-state index in [4.69, 9.17) is 4.98 Å². The molecule has 0 saturated carbocycles. The smallest absolute Gasteiger partial charge is 0.253 e. The van der Waals surface area contributed by atoms with Crippen LogP contribution in [0.5, 0.6) is 0 Å². The van der Waals surface area contributed by atoms with Crippen LogP contribution >= 0.6 is 0 Å². The first-order chi connectivity index (χ1) is 12.7. The van der Waals surface area contributed by atoms with Crippen LogP contribution in [-0.2, 0) is 0 Å². The number of rotatable bonds is 3. The maximum Gasteiger partial charge on any atom is 0.253 e. The van der Waals surface area contributed by atoms with Crippen molar-refractivity contribution in [1.29, 1.82) is 0 Å². The first kappa shape index (κ1) is 16.8. The lowest BCUT2D eigenvalue weighted by Gasteiger charge is -2.35. The van der Waals surface area contributed by atoms with Gasteiger partial charge in [0.2, 0.25) is 5.95 Å². The molecule has 2 aliphatic rings. The van der Waals surface area contributed by atoms with Gasteiger partial charge in [-0.3, -0.25) is 4.79 Å². The molecule has 6 nitrogen and oxygen atoms in total. The second kappa shape index (κ2) is 7.32. The van der Waals surface area contributed by atoms with Crippen molar-refractivity contribution in [2.24, 2.45) is 0 Å². The molecule has 2 aliphatic heterocycles. The minimum atomic E-state index is 0.116. The highest BCUT2D eigenvalue weighted by Crippen LogP contribution is 2.20. The van der Waals surface area contributed by atoms with Crippen LogP contribution in [0.2, 0.25) is 0 Å². The van der Waals surface area contributed by atoms with Crippen LogP contribution in [0, 0.1) is 6.92 Å². The molecule has 1 aromatic carbocycles. The van der Waals surface area contributed by atoms with Crippen molar-refractivity contribution in [2.75, 3.05) is 49.1 Å². The van der Waals surface area contributed by atoms with Crippen LogP contribution in [0.25, 0.3) is 0 Å². The van der Waals surface area contributed by atoms with Crippen LogP contribution in [0.1, 0.15) is 28.8 Å². The second-order valence-corrected chi connectivity index (χ2v) is 7.05. The topological polar surface area (TPSA) is 52.6 Å². The molecular weight excluding hydrogens is 326 g/mol. The number of hydrogen-bond acceptors (Lipinski definition) is 5. The summed E-state index contributed by atoms with van der Waals surface area (Å²) in [7, 11) is 0. The van der Waals surface area contributed by atoms with Crippen molar-refractivity contribution in [3.63, 3.8) is 0 Å². The number of amides is 1. The van der Waals surface area contributed by atoms with Gasteiger partial charge in [0.15, 0.2) is 0 Å². The highest BCUT2D eigenvalue weighted by atomic mass is 16.2. The van der Waals surface area contributed by atoms with Gasteiger partial charge in [0.25, 0.3) is 5.91 Å². The summed E-state index contributed by atoms with van der Waals surface area (Å²) in [5.41, 5.74) is 1.94. The molecule has 0 unspecified atom stereocenters. The van der Waals surface area contributed by atoms with Crippen molar-refractivity contribution in [3.05, 3.63) is 47.7 Å². The molecule has 0 spiro atoms. The molecule has 26 heavy (non-hydrogen) atoms. The number of aromatic nitrogens is 2. The molecule has 1 aromatic heterocycles. The number of benzene rings is 1. The number of nitrogens with zero attached hydrogens (tertiary/aromatic N) is 5. The minimum absolute atomic E-state index is 0.116. The number of carbonyl (C=O) groups is 1. The third-order valence-corrected chi connectivity index (χ3v) is 5.21. The summed E-state index contributed by atoms with van der Waals surface area (Å²) in [6.07, 6.45) is 4.28. The molecule has 136 valence electrons. The minimum Gasteiger partial charge on any atom is -0.353 e. The zero-order valence-corrected chi connectivity index (χ0v) is 15.3. The van der Waals surface area contributed by atoms with Gasteiger partial charge < -0.3 is 14.7 Å². The van der Waals surface area contributed by atoms with Gasteiger partial charge in [0, 0.05) is 51.0 Å². The summed E-state index contributed by atoms with van der Waals surface area (Å²) < 4.78 is 0. The van der Waals surface area contributed by atoms with E-state index in [1.807, 2.05) is 48.4 Å². The number of aryl methyl sites for hydroxylation is 1. The van der Waals surface area contributed by atoms with Gasteiger partial charge in [-0.2, -0.15) is 4.98 Å². The summed E-state index contributed by atoms with van der Waals surface area (Å²) in [6.45, 7) is 7.16. The van der Waals surface area contributed by atoms with E-state index in [1.165, 1.54) is 18.4 Å². The molecule has 0 N–H and O–H groups in total. The van der Waals surface area contributed by atoms with Crippen LogP contribution in [0.3, 0.4) is 0 Å². The zero-order valence-electron chi connectivity index (χ0n) is 15.3. The summed E-state index contributed by atoms with van der Waals surface area (Å²) in [6, 6.07) is 9.78. The fraction of sp³-hybridized carbons (Fsp3) is 0.450. The molecule has 2 aromatic rings. The van der Waals surface area contributed by atoms with E-state index in [-0.39, 0.29) is 5.91 Å². The maximum atomic E-state index is 12.7. The van der Waals surface area contributed by atoms with Crippen molar-refractivity contribution in [1.82, 2.24) is 14.9 Å². The van der Waals surface area contributed by atoms with Gasteiger partial charge in [-0.05, 0) is 38.0 Å². The lowest BCUT2D eigenvalue weighted by atomic mass is 10.1. The SMILES string of the molecule is Cc1ccc(C(=O)N2CCN(c3ccnc(N4CCCC4)n3)CC2)cc1. The Kier molecular flexibility index (Phi) is 4.73. The van der Waals surface area contributed by atoms with Gasteiger partial charge in [0.1, 0.15) is 5.82 Å². The number of piperazine rings is 1. The summed E-state index contributed by atoms with van der Waals surface area (Å²) in [5.74, 6) is 1.91. The predicted octanol–water partition coefficient (Wildman–Crippen LogP) is 2.35. The summed E-state index contributed by atoms with van der Waals surface area (Å²) >= 11 is 0. The van der Waals surface area contributed by atoms with Crippen molar-refractivity contribution in [2.45, 2.75) is 19.8 Å². The van der Waals surface area contributed by atoms with E-state index in [2.05, 4.69) is 14.8 Å². The number of anilines is 2. The molecular formula is C20H25N5O. The molecule has 0 atom stereocenters. The Hall–Kier alpha value is -2.63. The Morgan fingerprint density at radius 2 is 1.58 bits per heavy atom. The van der Waals surface area contributed by atoms with Crippen molar-refractivity contribution >= 4 is 17.7 Å². The van der Waals surface area contributed by atoms with Gasteiger partial charge >= 0.3 is 0 Å². The van der Waals surface area contributed by atoms with Gasteiger partial charge in [-0.1, -0.05) is 17.7 Å². The Labute approximate surface area is 154 Å². The standard InChI is InChI=1S/C20H25N5O/c1-16-4-6-17(7-5-16)19(26)24-14-12-23(13-15-24)18-8-9-21-20(22-18)25-10-2-3-11-25/h4-9H,2-3,10-15H2,1H3. The highest BCUT2D eigenvalue weighted by molar-refractivity contribution is 5.94.